The Morgan fingerprint density at radius 1 is 0.917 bits per heavy atom. The molecule has 5 nitrogen and oxygen atoms in total. The zero-order valence-corrected chi connectivity index (χ0v) is 22.0. The van der Waals surface area contributed by atoms with Crippen LogP contribution < -0.4 is 10.1 Å². The van der Waals surface area contributed by atoms with Crippen molar-refractivity contribution in [3.8, 4) is 5.75 Å². The van der Waals surface area contributed by atoms with Crippen molar-refractivity contribution in [3.05, 3.63) is 100 Å². The van der Waals surface area contributed by atoms with E-state index in [9.17, 15) is 9.59 Å². The molecular formula is C31H37NO4. The van der Waals surface area contributed by atoms with Crippen LogP contribution in [0.15, 0.2) is 66.7 Å². The van der Waals surface area contributed by atoms with Gasteiger partial charge in [0.2, 0.25) is 0 Å². The van der Waals surface area contributed by atoms with Crippen LogP contribution in [-0.4, -0.2) is 19.0 Å². The number of aryl methyl sites for hydroxylation is 3. The standard InChI is InChI=1S/C31H37NO4/c1-21(2)15-29(26-17-22(3)16-23(4)18-26)32-31(34)28-19-24(20-36-27-9-7-6-8-10-27)11-12-25(28)13-14-30(33)35-5/h6-12,16-19,21,29H,13-15,20H2,1-5H3,(H,32,34)/t29-/m1/s1. The van der Waals surface area contributed by atoms with Gasteiger partial charge in [-0.15, -0.1) is 0 Å². The molecule has 0 saturated heterocycles. The summed E-state index contributed by atoms with van der Waals surface area (Å²) in [5.41, 5.74) is 5.71. The minimum absolute atomic E-state index is 0.117. The number of hydrogen-bond acceptors (Lipinski definition) is 4. The van der Waals surface area contributed by atoms with E-state index < -0.39 is 0 Å². The molecule has 0 saturated carbocycles. The number of carbonyl (C=O) groups excluding carboxylic acids is 2. The summed E-state index contributed by atoms with van der Waals surface area (Å²) in [5.74, 6) is 0.720. The third-order valence-corrected chi connectivity index (χ3v) is 6.05. The van der Waals surface area contributed by atoms with Gasteiger partial charge in [0.25, 0.3) is 5.91 Å². The molecule has 0 spiro atoms. The van der Waals surface area contributed by atoms with Gasteiger partial charge in [0.15, 0.2) is 0 Å². The van der Waals surface area contributed by atoms with Crippen LogP contribution in [0.3, 0.4) is 0 Å². The highest BCUT2D eigenvalue weighted by molar-refractivity contribution is 5.96. The third-order valence-electron chi connectivity index (χ3n) is 6.05. The van der Waals surface area contributed by atoms with E-state index in [1.807, 2.05) is 48.5 Å². The van der Waals surface area contributed by atoms with E-state index in [-0.39, 0.29) is 24.3 Å². The Bertz CT molecular complexity index is 1150. The number of nitrogens with one attached hydrogen (secondary N) is 1. The van der Waals surface area contributed by atoms with Crippen LogP contribution in [0.5, 0.6) is 5.75 Å². The number of amides is 1. The van der Waals surface area contributed by atoms with Crippen LogP contribution in [-0.2, 0) is 22.6 Å². The normalized spacial score (nSPS) is 11.7. The predicted molar refractivity (Wildman–Crippen MR) is 143 cm³/mol. The van der Waals surface area contributed by atoms with Crippen LogP contribution in [0.25, 0.3) is 0 Å². The maximum atomic E-state index is 13.7. The average Bonchev–Trinajstić information content (AvgIpc) is 2.85. The second-order valence-corrected chi connectivity index (χ2v) is 9.75. The lowest BCUT2D eigenvalue weighted by atomic mass is 9.93. The Labute approximate surface area is 214 Å². The number of methoxy groups -OCH3 is 1. The zero-order valence-electron chi connectivity index (χ0n) is 22.0. The number of ether oxygens (including phenoxy) is 2. The monoisotopic (exact) mass is 487 g/mol. The van der Waals surface area contributed by atoms with Gasteiger partial charge in [-0.2, -0.15) is 0 Å². The fourth-order valence-corrected chi connectivity index (χ4v) is 4.36. The Kier molecular flexibility index (Phi) is 9.69. The number of esters is 1. The zero-order chi connectivity index (χ0) is 26.1. The van der Waals surface area contributed by atoms with Crippen molar-refractivity contribution in [2.24, 2.45) is 5.92 Å². The van der Waals surface area contributed by atoms with Crippen molar-refractivity contribution in [1.82, 2.24) is 5.32 Å². The van der Waals surface area contributed by atoms with Crippen molar-refractivity contribution in [2.45, 2.75) is 59.6 Å². The van der Waals surface area contributed by atoms with Gasteiger partial charge in [-0.05, 0) is 67.5 Å². The molecule has 0 aromatic heterocycles. The van der Waals surface area contributed by atoms with E-state index >= 15 is 0 Å². The summed E-state index contributed by atoms with van der Waals surface area (Å²) in [4.78, 5) is 25.5. The molecule has 0 heterocycles. The molecule has 0 bridgehead atoms. The van der Waals surface area contributed by atoms with Gasteiger partial charge in [-0.25, -0.2) is 0 Å². The van der Waals surface area contributed by atoms with E-state index in [1.165, 1.54) is 18.2 Å². The van der Waals surface area contributed by atoms with Crippen molar-refractivity contribution < 1.29 is 19.1 Å². The first-order chi connectivity index (χ1) is 17.2. The van der Waals surface area contributed by atoms with Crippen LogP contribution in [0.4, 0.5) is 0 Å². The van der Waals surface area contributed by atoms with Gasteiger partial charge in [0.05, 0.1) is 13.2 Å². The molecule has 5 heteroatoms. The highest BCUT2D eigenvalue weighted by Gasteiger charge is 2.21. The van der Waals surface area contributed by atoms with Gasteiger partial charge in [-0.1, -0.05) is 73.5 Å². The predicted octanol–water partition coefficient (Wildman–Crippen LogP) is 6.51. The lowest BCUT2D eigenvalue weighted by Gasteiger charge is -2.23. The topological polar surface area (TPSA) is 64.6 Å². The highest BCUT2D eigenvalue weighted by atomic mass is 16.5. The first-order valence-corrected chi connectivity index (χ1v) is 12.5. The van der Waals surface area contributed by atoms with Crippen LogP contribution in [0.2, 0.25) is 0 Å². The number of rotatable bonds is 11. The number of benzene rings is 3. The minimum atomic E-state index is -0.300. The van der Waals surface area contributed by atoms with Crippen molar-refractivity contribution in [1.29, 1.82) is 0 Å². The maximum absolute atomic E-state index is 13.7. The lowest BCUT2D eigenvalue weighted by molar-refractivity contribution is -0.140. The molecule has 0 aliphatic heterocycles. The van der Waals surface area contributed by atoms with Crippen LogP contribution in [0.1, 0.15) is 70.9 Å². The van der Waals surface area contributed by atoms with E-state index in [2.05, 4.69) is 51.2 Å². The quantitative estimate of drug-likeness (QED) is 0.313. The fraction of sp³-hybridized carbons (Fsp3) is 0.355. The van der Waals surface area contributed by atoms with Crippen LogP contribution >= 0.6 is 0 Å². The largest absolute Gasteiger partial charge is 0.489 e. The summed E-state index contributed by atoms with van der Waals surface area (Å²) < 4.78 is 10.7. The number of hydrogen-bond donors (Lipinski definition) is 1. The SMILES string of the molecule is COC(=O)CCc1ccc(COc2ccccc2)cc1C(=O)N[C@H](CC(C)C)c1cc(C)cc(C)c1. The molecule has 3 aromatic carbocycles. The van der Waals surface area contributed by atoms with Crippen molar-refractivity contribution in [2.75, 3.05) is 7.11 Å². The molecule has 190 valence electrons. The Morgan fingerprint density at radius 2 is 1.61 bits per heavy atom. The van der Waals surface area contributed by atoms with Gasteiger partial charge in [0.1, 0.15) is 12.4 Å². The van der Waals surface area contributed by atoms with E-state index in [1.54, 1.807) is 0 Å². The van der Waals surface area contributed by atoms with Gasteiger partial charge in [0, 0.05) is 12.0 Å². The Hall–Kier alpha value is -3.60. The fourth-order valence-electron chi connectivity index (χ4n) is 4.36. The van der Waals surface area contributed by atoms with Crippen molar-refractivity contribution >= 4 is 11.9 Å². The molecule has 1 amide bonds. The average molecular weight is 488 g/mol. The molecular weight excluding hydrogens is 450 g/mol. The first-order valence-electron chi connectivity index (χ1n) is 12.5. The lowest BCUT2D eigenvalue weighted by Crippen LogP contribution is -2.30. The number of para-hydroxylation sites is 1. The third kappa shape index (κ3) is 7.98. The van der Waals surface area contributed by atoms with Crippen molar-refractivity contribution in [3.63, 3.8) is 0 Å². The number of carbonyl (C=O) groups is 2. The molecule has 0 aliphatic carbocycles. The summed E-state index contributed by atoms with van der Waals surface area (Å²) >= 11 is 0. The molecule has 0 radical (unpaired) electrons. The second-order valence-electron chi connectivity index (χ2n) is 9.75. The molecule has 1 atom stereocenters. The molecule has 0 fully saturated rings. The summed E-state index contributed by atoms with van der Waals surface area (Å²) in [7, 11) is 1.38. The second kappa shape index (κ2) is 12.9. The Balaban J connectivity index is 1.88. The molecule has 1 N–H and O–H groups in total. The van der Waals surface area contributed by atoms with E-state index in [0.29, 0.717) is 24.5 Å². The first kappa shape index (κ1) is 27.0. The Morgan fingerprint density at radius 3 is 2.25 bits per heavy atom. The molecule has 3 aromatic rings. The van der Waals surface area contributed by atoms with E-state index in [0.717, 1.165) is 28.9 Å². The summed E-state index contributed by atoms with van der Waals surface area (Å²) in [6.45, 7) is 8.81. The summed E-state index contributed by atoms with van der Waals surface area (Å²) in [5, 5.41) is 3.28. The van der Waals surface area contributed by atoms with Gasteiger partial charge < -0.3 is 14.8 Å². The smallest absolute Gasteiger partial charge is 0.305 e. The molecule has 0 aliphatic rings. The minimum Gasteiger partial charge on any atom is -0.489 e. The van der Waals surface area contributed by atoms with Gasteiger partial charge >= 0.3 is 5.97 Å². The highest BCUT2D eigenvalue weighted by Crippen LogP contribution is 2.25. The summed E-state index contributed by atoms with van der Waals surface area (Å²) in [6, 6.07) is 21.6. The van der Waals surface area contributed by atoms with E-state index in [4.69, 9.17) is 9.47 Å². The molecule has 36 heavy (non-hydrogen) atoms. The van der Waals surface area contributed by atoms with Crippen LogP contribution in [0, 0.1) is 19.8 Å². The molecule has 3 rings (SSSR count). The molecule has 0 unspecified atom stereocenters. The van der Waals surface area contributed by atoms with Gasteiger partial charge in [-0.3, -0.25) is 9.59 Å². The maximum Gasteiger partial charge on any atom is 0.305 e. The summed E-state index contributed by atoms with van der Waals surface area (Å²) in [6.07, 6.45) is 1.46.